The molecule has 2 aromatic rings. The van der Waals surface area contributed by atoms with Crippen molar-refractivity contribution in [3.8, 4) is 23.1 Å². The molecule has 0 radical (unpaired) electrons. The number of para-hydroxylation sites is 1. The molecule has 1 aromatic carbocycles. The van der Waals surface area contributed by atoms with Gasteiger partial charge in [-0.3, -0.25) is 0 Å². The maximum atomic E-state index is 13.7. The van der Waals surface area contributed by atoms with Crippen LogP contribution in [0.5, 0.6) is 11.6 Å². The highest BCUT2D eigenvalue weighted by molar-refractivity contribution is 6.83. The Kier molecular flexibility index (Phi) is 6.96. The van der Waals surface area contributed by atoms with E-state index in [1.807, 2.05) is 37.3 Å². The molecule has 0 bridgehead atoms. The summed E-state index contributed by atoms with van der Waals surface area (Å²) in [7, 11) is 0.266. The second-order valence-corrected chi connectivity index (χ2v) is 11.7. The first-order chi connectivity index (χ1) is 12.8. The van der Waals surface area contributed by atoms with Crippen molar-refractivity contribution in [2.24, 2.45) is 12.2 Å². The van der Waals surface area contributed by atoms with E-state index < -0.39 is 13.9 Å². The number of hydrogen-bond donors (Lipinski definition) is 0. The quantitative estimate of drug-likeness (QED) is 0.316. The van der Waals surface area contributed by atoms with Crippen molar-refractivity contribution in [1.82, 2.24) is 9.78 Å². The number of oxime groups is 1. The van der Waals surface area contributed by atoms with Gasteiger partial charge in [-0.05, 0) is 19.1 Å². The Morgan fingerprint density at radius 2 is 2.00 bits per heavy atom. The number of aromatic nitrogens is 2. The van der Waals surface area contributed by atoms with Crippen molar-refractivity contribution >= 4 is 14.3 Å². The second-order valence-electron chi connectivity index (χ2n) is 6.96. The van der Waals surface area contributed by atoms with Crippen LogP contribution in [0.15, 0.2) is 47.4 Å². The van der Waals surface area contributed by atoms with Crippen LogP contribution in [0.2, 0.25) is 19.6 Å². The van der Waals surface area contributed by atoms with E-state index in [0.29, 0.717) is 17.2 Å². The number of allylic oxidation sites excluding steroid dienone is 1. The van der Waals surface area contributed by atoms with E-state index >= 15 is 0 Å². The highest BCUT2D eigenvalue weighted by Crippen LogP contribution is 2.25. The predicted molar refractivity (Wildman–Crippen MR) is 108 cm³/mol. The topological polar surface area (TPSA) is 48.6 Å². The summed E-state index contributed by atoms with van der Waals surface area (Å²) >= 11 is 0. The van der Waals surface area contributed by atoms with Crippen LogP contribution in [0, 0.1) is 18.4 Å². The Morgan fingerprint density at radius 3 is 2.67 bits per heavy atom. The maximum absolute atomic E-state index is 13.7. The molecule has 27 heavy (non-hydrogen) atoms. The van der Waals surface area contributed by atoms with Crippen molar-refractivity contribution < 1.29 is 14.0 Å². The third kappa shape index (κ3) is 6.75. The summed E-state index contributed by atoms with van der Waals surface area (Å²) in [5, 5.41) is 8.17. The Bertz CT molecular complexity index is 888. The van der Waals surface area contributed by atoms with E-state index in [1.54, 1.807) is 11.7 Å². The number of ether oxygens (including phenoxy) is 1. The van der Waals surface area contributed by atoms with E-state index in [4.69, 9.17) is 9.57 Å². The Balaban J connectivity index is 2.02. The molecule has 0 amide bonds. The van der Waals surface area contributed by atoms with E-state index in [-0.39, 0.29) is 6.61 Å². The first kappa shape index (κ1) is 20.5. The van der Waals surface area contributed by atoms with Crippen molar-refractivity contribution in [3.05, 3.63) is 53.5 Å². The van der Waals surface area contributed by atoms with Crippen molar-refractivity contribution in [2.45, 2.75) is 26.6 Å². The van der Waals surface area contributed by atoms with Crippen LogP contribution in [0.1, 0.15) is 11.3 Å². The van der Waals surface area contributed by atoms with E-state index in [1.165, 1.54) is 12.3 Å². The first-order valence-corrected chi connectivity index (χ1v) is 12.1. The van der Waals surface area contributed by atoms with Gasteiger partial charge in [-0.15, -0.1) is 5.54 Å². The van der Waals surface area contributed by atoms with Gasteiger partial charge in [0.1, 0.15) is 19.7 Å². The number of aryl methyl sites for hydroxylation is 2. The minimum absolute atomic E-state index is 0.273. The zero-order valence-electron chi connectivity index (χ0n) is 16.3. The minimum atomic E-state index is -1.51. The Labute approximate surface area is 160 Å². The summed E-state index contributed by atoms with van der Waals surface area (Å²) in [5.74, 6) is 3.49. The van der Waals surface area contributed by atoms with E-state index in [0.717, 1.165) is 5.69 Å². The van der Waals surface area contributed by atoms with Gasteiger partial charge in [0.25, 0.3) is 0 Å². The van der Waals surface area contributed by atoms with Gasteiger partial charge in [0.05, 0.1) is 17.5 Å². The maximum Gasteiger partial charge on any atom is 0.226 e. The molecule has 0 aliphatic rings. The lowest BCUT2D eigenvalue weighted by atomic mass is 10.3. The van der Waals surface area contributed by atoms with Gasteiger partial charge >= 0.3 is 0 Å². The van der Waals surface area contributed by atoms with Gasteiger partial charge in [-0.25, -0.2) is 9.07 Å². The summed E-state index contributed by atoms with van der Waals surface area (Å²) in [4.78, 5) is 5.03. The molecule has 1 heterocycles. The van der Waals surface area contributed by atoms with Crippen molar-refractivity contribution in [3.63, 3.8) is 0 Å². The highest BCUT2D eigenvalue weighted by atomic mass is 28.3. The lowest BCUT2D eigenvalue weighted by Crippen LogP contribution is -2.16. The summed E-state index contributed by atoms with van der Waals surface area (Å²) < 4.78 is 21.2. The lowest BCUT2D eigenvalue weighted by molar-refractivity contribution is 0.154. The molecule has 1 aromatic heterocycles. The number of hydrogen-bond acceptors (Lipinski definition) is 4. The SMILES string of the molecule is Cc1nn(C)c(Oc2ccccc2)c1C=NOCC(F)=CC#C[Si](C)(C)C. The molecular weight excluding hydrogens is 361 g/mol. The summed E-state index contributed by atoms with van der Waals surface area (Å²) in [6, 6.07) is 9.38. The molecule has 142 valence electrons. The summed E-state index contributed by atoms with van der Waals surface area (Å²) in [6.07, 6.45) is 2.70. The van der Waals surface area contributed by atoms with Gasteiger partial charge in [-0.1, -0.05) is 48.9 Å². The normalized spacial score (nSPS) is 12.0. The van der Waals surface area contributed by atoms with Gasteiger partial charge in [-0.2, -0.15) is 5.10 Å². The lowest BCUT2D eigenvalue weighted by Gasteiger charge is -2.06. The van der Waals surface area contributed by atoms with Crippen LogP contribution < -0.4 is 4.74 Å². The van der Waals surface area contributed by atoms with Crippen molar-refractivity contribution in [1.29, 1.82) is 0 Å². The largest absolute Gasteiger partial charge is 0.439 e. The van der Waals surface area contributed by atoms with E-state index in [9.17, 15) is 4.39 Å². The average Bonchev–Trinajstić information content (AvgIpc) is 2.85. The van der Waals surface area contributed by atoms with Gasteiger partial charge in [0.2, 0.25) is 5.88 Å². The third-order valence-corrected chi connectivity index (χ3v) is 4.20. The van der Waals surface area contributed by atoms with Crippen LogP contribution >= 0.6 is 0 Å². The van der Waals surface area contributed by atoms with E-state index in [2.05, 4.69) is 41.4 Å². The molecule has 5 nitrogen and oxygen atoms in total. The molecular formula is C20H24FN3O2Si. The molecule has 0 N–H and O–H groups in total. The van der Waals surface area contributed by atoms with Gasteiger partial charge < -0.3 is 9.57 Å². The fraction of sp³-hybridized carbons (Fsp3) is 0.300. The molecule has 0 spiro atoms. The highest BCUT2D eigenvalue weighted by Gasteiger charge is 2.14. The molecule has 0 saturated carbocycles. The molecule has 0 unspecified atom stereocenters. The zero-order chi connectivity index (χ0) is 19.9. The fourth-order valence-corrected chi connectivity index (χ4v) is 2.59. The third-order valence-electron chi connectivity index (χ3n) is 3.31. The minimum Gasteiger partial charge on any atom is -0.439 e. The molecule has 0 atom stereocenters. The van der Waals surface area contributed by atoms with Gasteiger partial charge in [0, 0.05) is 13.1 Å². The van der Waals surface area contributed by atoms with Crippen LogP contribution in [-0.2, 0) is 11.9 Å². The Morgan fingerprint density at radius 1 is 1.30 bits per heavy atom. The monoisotopic (exact) mass is 385 g/mol. The zero-order valence-corrected chi connectivity index (χ0v) is 17.3. The van der Waals surface area contributed by atoms with Crippen LogP contribution in [0.3, 0.4) is 0 Å². The first-order valence-electron chi connectivity index (χ1n) is 8.55. The fourth-order valence-electron chi connectivity index (χ4n) is 2.08. The number of halogens is 1. The van der Waals surface area contributed by atoms with Crippen LogP contribution in [0.25, 0.3) is 0 Å². The standard InChI is InChI=1S/C20H24FN3O2Si/c1-16-19(14-22-25-15-17(21)10-9-13-27(3,4)5)20(24(2)23-16)26-18-11-7-6-8-12-18/h6-8,10-12,14H,15H2,1-5H3. The number of nitrogens with zero attached hydrogens (tertiary/aromatic N) is 3. The second kappa shape index (κ2) is 9.19. The predicted octanol–water partition coefficient (Wildman–Crippen LogP) is 4.61. The number of benzene rings is 1. The molecule has 2 rings (SSSR count). The summed E-state index contributed by atoms with van der Waals surface area (Å²) in [5.41, 5.74) is 4.46. The van der Waals surface area contributed by atoms with Crippen LogP contribution in [0.4, 0.5) is 4.39 Å². The molecule has 0 aliphatic carbocycles. The number of rotatable bonds is 6. The smallest absolute Gasteiger partial charge is 0.226 e. The molecule has 0 aliphatic heterocycles. The van der Waals surface area contributed by atoms with Crippen LogP contribution in [-0.4, -0.2) is 30.7 Å². The molecule has 0 saturated heterocycles. The molecule has 0 fully saturated rings. The summed E-state index contributed by atoms with van der Waals surface area (Å²) in [6.45, 7) is 7.85. The van der Waals surface area contributed by atoms with Crippen molar-refractivity contribution in [2.75, 3.05) is 6.61 Å². The Hall–Kier alpha value is -2.85. The molecule has 7 heteroatoms. The average molecular weight is 386 g/mol. The van der Waals surface area contributed by atoms with Gasteiger partial charge in [0.15, 0.2) is 6.61 Å².